The zero-order valence-corrected chi connectivity index (χ0v) is 12.6. The van der Waals surface area contributed by atoms with Gasteiger partial charge in [0.05, 0.1) is 17.6 Å². The molecule has 1 aliphatic carbocycles. The van der Waals surface area contributed by atoms with E-state index in [0.29, 0.717) is 0 Å². The van der Waals surface area contributed by atoms with Gasteiger partial charge in [0.1, 0.15) is 0 Å². The summed E-state index contributed by atoms with van der Waals surface area (Å²) in [7, 11) is 0. The molecule has 0 aromatic heterocycles. The molecule has 3 atom stereocenters. The molecular formula is C16H26N2O2. The molecule has 0 spiro atoms. The third-order valence-corrected chi connectivity index (χ3v) is 4.79. The van der Waals surface area contributed by atoms with Crippen molar-refractivity contribution in [3.8, 4) is 6.07 Å². The molecule has 1 N–H and O–H groups in total. The third-order valence-electron chi connectivity index (χ3n) is 4.79. The highest BCUT2D eigenvalue weighted by molar-refractivity contribution is 5.78. The highest BCUT2D eigenvalue weighted by Gasteiger charge is 2.39. The van der Waals surface area contributed by atoms with Crippen LogP contribution in [0.25, 0.3) is 0 Å². The van der Waals surface area contributed by atoms with Gasteiger partial charge in [0.15, 0.2) is 0 Å². The van der Waals surface area contributed by atoms with Crippen LogP contribution in [0.3, 0.4) is 0 Å². The SMILES string of the molecule is CC(C)(C#N)CC(=O)N1CCC[C@@H]1[C@@H]1CCCC[C@@H]1O. The number of hydrogen-bond donors (Lipinski definition) is 1. The molecule has 4 heteroatoms. The molecule has 1 amide bonds. The fourth-order valence-electron chi connectivity index (χ4n) is 3.66. The van der Waals surface area contributed by atoms with E-state index >= 15 is 0 Å². The van der Waals surface area contributed by atoms with E-state index in [9.17, 15) is 9.90 Å². The lowest BCUT2D eigenvalue weighted by atomic mass is 9.80. The minimum absolute atomic E-state index is 0.0804. The molecule has 1 saturated carbocycles. The summed E-state index contributed by atoms with van der Waals surface area (Å²) in [5.74, 6) is 0.317. The molecule has 0 aromatic rings. The molecule has 112 valence electrons. The van der Waals surface area contributed by atoms with Gasteiger partial charge in [-0.05, 0) is 39.5 Å². The number of likely N-dealkylation sites (tertiary alicyclic amines) is 1. The monoisotopic (exact) mass is 278 g/mol. The van der Waals surface area contributed by atoms with E-state index in [1.165, 1.54) is 0 Å². The van der Waals surface area contributed by atoms with Crippen molar-refractivity contribution in [3.05, 3.63) is 0 Å². The molecule has 1 aliphatic heterocycles. The van der Waals surface area contributed by atoms with Gasteiger partial charge in [-0.15, -0.1) is 0 Å². The molecule has 0 aromatic carbocycles. The van der Waals surface area contributed by atoms with Crippen molar-refractivity contribution in [1.29, 1.82) is 5.26 Å². The van der Waals surface area contributed by atoms with E-state index in [1.807, 2.05) is 18.7 Å². The van der Waals surface area contributed by atoms with E-state index in [-0.39, 0.29) is 30.4 Å². The van der Waals surface area contributed by atoms with Crippen LogP contribution in [0, 0.1) is 22.7 Å². The van der Waals surface area contributed by atoms with Gasteiger partial charge in [0.2, 0.25) is 5.91 Å². The topological polar surface area (TPSA) is 64.3 Å². The second-order valence-electron chi connectivity index (χ2n) is 6.98. The Morgan fingerprint density at radius 1 is 1.30 bits per heavy atom. The quantitative estimate of drug-likeness (QED) is 0.862. The Kier molecular flexibility index (Phi) is 4.70. The van der Waals surface area contributed by atoms with Crippen LogP contribution in [0.5, 0.6) is 0 Å². The number of amides is 1. The van der Waals surface area contributed by atoms with Gasteiger partial charge < -0.3 is 10.0 Å². The largest absolute Gasteiger partial charge is 0.393 e. The molecule has 1 saturated heterocycles. The second-order valence-corrected chi connectivity index (χ2v) is 6.98. The Hall–Kier alpha value is -1.08. The van der Waals surface area contributed by atoms with Crippen molar-refractivity contribution < 1.29 is 9.90 Å². The summed E-state index contributed by atoms with van der Waals surface area (Å²) in [5, 5.41) is 19.3. The zero-order valence-electron chi connectivity index (χ0n) is 12.6. The van der Waals surface area contributed by atoms with Gasteiger partial charge in [-0.3, -0.25) is 4.79 Å². The highest BCUT2D eigenvalue weighted by Crippen LogP contribution is 2.35. The second kappa shape index (κ2) is 6.13. The molecule has 2 fully saturated rings. The number of nitrogens with zero attached hydrogens (tertiary/aromatic N) is 2. The van der Waals surface area contributed by atoms with Gasteiger partial charge in [0, 0.05) is 24.9 Å². The first-order valence-corrected chi connectivity index (χ1v) is 7.83. The van der Waals surface area contributed by atoms with Crippen LogP contribution in [0.15, 0.2) is 0 Å². The normalized spacial score (nSPS) is 31.1. The van der Waals surface area contributed by atoms with Crippen LogP contribution in [0.2, 0.25) is 0 Å². The van der Waals surface area contributed by atoms with Gasteiger partial charge in [-0.1, -0.05) is 12.8 Å². The summed E-state index contributed by atoms with van der Waals surface area (Å²) in [4.78, 5) is 14.4. The van der Waals surface area contributed by atoms with Crippen molar-refractivity contribution in [2.45, 2.75) is 70.9 Å². The Morgan fingerprint density at radius 2 is 2.00 bits per heavy atom. The van der Waals surface area contributed by atoms with Crippen LogP contribution in [0.4, 0.5) is 0 Å². The smallest absolute Gasteiger partial charge is 0.224 e. The van der Waals surface area contributed by atoms with Crippen LogP contribution in [0.1, 0.15) is 58.8 Å². The summed E-state index contributed by atoms with van der Waals surface area (Å²) < 4.78 is 0. The first kappa shape index (κ1) is 15.3. The minimum Gasteiger partial charge on any atom is -0.393 e. The van der Waals surface area contributed by atoms with Crippen LogP contribution in [-0.2, 0) is 4.79 Å². The zero-order chi connectivity index (χ0) is 14.8. The number of aliphatic hydroxyl groups is 1. The van der Waals surface area contributed by atoms with E-state index in [4.69, 9.17) is 5.26 Å². The molecule has 0 bridgehead atoms. The number of aliphatic hydroxyl groups excluding tert-OH is 1. The highest BCUT2D eigenvalue weighted by atomic mass is 16.3. The van der Waals surface area contributed by atoms with Crippen LogP contribution < -0.4 is 0 Å². The van der Waals surface area contributed by atoms with Gasteiger partial charge in [0.25, 0.3) is 0 Å². The summed E-state index contributed by atoms with van der Waals surface area (Å²) in [6, 6.07) is 2.39. The summed E-state index contributed by atoms with van der Waals surface area (Å²) in [6.45, 7) is 4.41. The fraction of sp³-hybridized carbons (Fsp3) is 0.875. The molecule has 0 unspecified atom stereocenters. The number of rotatable bonds is 3. The van der Waals surface area contributed by atoms with Crippen molar-refractivity contribution in [1.82, 2.24) is 4.90 Å². The van der Waals surface area contributed by atoms with Gasteiger partial charge >= 0.3 is 0 Å². The van der Waals surface area contributed by atoms with Crippen molar-refractivity contribution in [2.24, 2.45) is 11.3 Å². The Balaban J connectivity index is 2.03. The predicted octanol–water partition coefficient (Wildman–Crippen LogP) is 2.47. The lowest BCUT2D eigenvalue weighted by Crippen LogP contribution is -2.46. The summed E-state index contributed by atoms with van der Waals surface area (Å²) >= 11 is 0. The maximum Gasteiger partial charge on any atom is 0.224 e. The first-order valence-electron chi connectivity index (χ1n) is 7.83. The van der Waals surface area contributed by atoms with Crippen molar-refractivity contribution >= 4 is 5.91 Å². The molecular weight excluding hydrogens is 252 g/mol. The molecule has 4 nitrogen and oxygen atoms in total. The minimum atomic E-state index is -0.602. The maximum atomic E-state index is 12.5. The molecule has 1 heterocycles. The summed E-state index contributed by atoms with van der Waals surface area (Å²) in [5.41, 5.74) is -0.602. The van der Waals surface area contributed by atoms with Crippen LogP contribution >= 0.6 is 0 Å². The lowest BCUT2D eigenvalue weighted by molar-refractivity contribution is -0.135. The fourth-order valence-corrected chi connectivity index (χ4v) is 3.66. The summed E-state index contributed by atoms with van der Waals surface area (Å²) in [6.07, 6.45) is 6.19. The lowest BCUT2D eigenvalue weighted by Gasteiger charge is -2.37. The van der Waals surface area contributed by atoms with E-state index in [0.717, 1.165) is 45.1 Å². The standard InChI is InChI=1S/C16H26N2O2/c1-16(2,11-17)10-15(20)18-9-5-7-13(18)12-6-3-4-8-14(12)19/h12-14,19H,3-10H2,1-2H3/t12-,13+,14-/m0/s1. The number of carbonyl (C=O) groups is 1. The average Bonchev–Trinajstić information content (AvgIpc) is 2.88. The molecule has 2 rings (SSSR count). The maximum absolute atomic E-state index is 12.5. The predicted molar refractivity (Wildman–Crippen MR) is 76.7 cm³/mol. The van der Waals surface area contributed by atoms with E-state index in [2.05, 4.69) is 6.07 Å². The van der Waals surface area contributed by atoms with Gasteiger partial charge in [-0.25, -0.2) is 0 Å². The van der Waals surface area contributed by atoms with Crippen molar-refractivity contribution in [3.63, 3.8) is 0 Å². The van der Waals surface area contributed by atoms with Crippen LogP contribution in [-0.4, -0.2) is 34.6 Å². The van der Waals surface area contributed by atoms with Crippen molar-refractivity contribution in [2.75, 3.05) is 6.54 Å². The number of hydrogen-bond acceptors (Lipinski definition) is 3. The third kappa shape index (κ3) is 3.32. The van der Waals surface area contributed by atoms with E-state index < -0.39 is 5.41 Å². The Labute approximate surface area is 121 Å². The molecule has 20 heavy (non-hydrogen) atoms. The Bertz CT molecular complexity index is 400. The van der Waals surface area contributed by atoms with E-state index in [1.54, 1.807) is 0 Å². The Morgan fingerprint density at radius 3 is 2.65 bits per heavy atom. The average molecular weight is 278 g/mol. The number of nitriles is 1. The van der Waals surface area contributed by atoms with Gasteiger partial charge in [-0.2, -0.15) is 5.26 Å². The first-order chi connectivity index (χ1) is 9.44. The molecule has 0 radical (unpaired) electrons. The number of carbonyl (C=O) groups excluding carboxylic acids is 1. The molecule has 2 aliphatic rings.